The van der Waals surface area contributed by atoms with Crippen molar-refractivity contribution in [1.82, 2.24) is 0 Å². The number of carbonyl (C=O) groups excluding carboxylic acids is 1. The van der Waals surface area contributed by atoms with Crippen molar-refractivity contribution in [1.29, 1.82) is 0 Å². The summed E-state index contributed by atoms with van der Waals surface area (Å²) in [5.74, 6) is -0.786. The van der Waals surface area contributed by atoms with E-state index in [9.17, 15) is 9.59 Å². The standard InChI is InChI=1S/C8H8O2.C5H10O5/c9-8(10)6-7-4-2-1-3-5-7;6-1-3(8)5(10)4(9)2-7/h1-5H,6H2,(H,9,10);1,3-5,7-10H,2H2/t;3-,4-,5+/m.0/s1. The molecule has 0 aromatic heterocycles. The molecule has 0 aliphatic rings. The fraction of sp³-hybridized carbons (Fsp3) is 0.385. The topological polar surface area (TPSA) is 135 Å². The molecule has 112 valence electrons. The van der Waals surface area contributed by atoms with Crippen LogP contribution in [0.4, 0.5) is 0 Å². The van der Waals surface area contributed by atoms with E-state index < -0.39 is 30.9 Å². The molecule has 0 fully saturated rings. The first kappa shape index (κ1) is 18.2. The van der Waals surface area contributed by atoms with Gasteiger partial charge in [0.25, 0.3) is 0 Å². The molecule has 20 heavy (non-hydrogen) atoms. The molecule has 0 bridgehead atoms. The summed E-state index contributed by atoms with van der Waals surface area (Å²) in [6.45, 7) is -0.688. The maximum Gasteiger partial charge on any atom is 0.307 e. The number of aliphatic hydroxyl groups excluding tert-OH is 4. The summed E-state index contributed by atoms with van der Waals surface area (Å²) in [6, 6.07) is 9.13. The first-order chi connectivity index (χ1) is 9.42. The molecule has 7 nitrogen and oxygen atoms in total. The van der Waals surface area contributed by atoms with Crippen molar-refractivity contribution in [2.24, 2.45) is 0 Å². The molecule has 0 saturated heterocycles. The highest BCUT2D eigenvalue weighted by atomic mass is 16.4. The summed E-state index contributed by atoms with van der Waals surface area (Å²) in [4.78, 5) is 19.9. The van der Waals surface area contributed by atoms with Gasteiger partial charge in [0.1, 0.15) is 18.3 Å². The molecule has 0 amide bonds. The van der Waals surface area contributed by atoms with Crippen molar-refractivity contribution in [2.45, 2.75) is 24.7 Å². The Morgan fingerprint density at radius 1 is 1.15 bits per heavy atom. The lowest BCUT2D eigenvalue weighted by atomic mass is 10.1. The second-order valence-corrected chi connectivity index (χ2v) is 3.92. The molecule has 7 heteroatoms. The Kier molecular flexibility index (Phi) is 9.14. The molecule has 0 aliphatic heterocycles. The van der Waals surface area contributed by atoms with Gasteiger partial charge in [-0.1, -0.05) is 30.3 Å². The summed E-state index contributed by atoms with van der Waals surface area (Å²) in [5, 5.41) is 42.4. The minimum atomic E-state index is -1.64. The molecule has 1 aromatic rings. The van der Waals surface area contributed by atoms with Gasteiger partial charge < -0.3 is 30.3 Å². The van der Waals surface area contributed by atoms with Gasteiger partial charge in [-0.3, -0.25) is 4.79 Å². The lowest BCUT2D eigenvalue weighted by Crippen LogP contribution is -2.40. The third-order valence-electron chi connectivity index (χ3n) is 2.27. The number of aliphatic carboxylic acids is 1. The zero-order valence-electron chi connectivity index (χ0n) is 10.7. The monoisotopic (exact) mass is 286 g/mol. The van der Waals surface area contributed by atoms with Crippen LogP contribution in [0.3, 0.4) is 0 Å². The number of aldehydes is 1. The normalized spacial score (nSPS) is 14.4. The maximum absolute atomic E-state index is 10.2. The summed E-state index contributed by atoms with van der Waals surface area (Å²) >= 11 is 0. The van der Waals surface area contributed by atoms with E-state index in [1.165, 1.54) is 0 Å². The number of carboxylic acid groups (broad SMARTS) is 1. The van der Waals surface area contributed by atoms with E-state index in [-0.39, 0.29) is 12.7 Å². The maximum atomic E-state index is 10.2. The molecule has 0 heterocycles. The number of hydrogen-bond acceptors (Lipinski definition) is 6. The Labute approximate surface area is 115 Å². The number of rotatable bonds is 6. The highest BCUT2D eigenvalue weighted by Crippen LogP contribution is 1.98. The molecule has 5 N–H and O–H groups in total. The van der Waals surface area contributed by atoms with Crippen LogP contribution in [0.15, 0.2) is 30.3 Å². The fourth-order valence-corrected chi connectivity index (χ4v) is 1.19. The summed E-state index contributed by atoms with van der Waals surface area (Å²) < 4.78 is 0. The Balaban J connectivity index is 0.000000361. The van der Waals surface area contributed by atoms with Crippen molar-refractivity contribution in [3.63, 3.8) is 0 Å². The van der Waals surface area contributed by atoms with Gasteiger partial charge in [-0.2, -0.15) is 0 Å². The van der Waals surface area contributed by atoms with Crippen molar-refractivity contribution < 1.29 is 35.1 Å². The van der Waals surface area contributed by atoms with E-state index >= 15 is 0 Å². The van der Waals surface area contributed by atoms with Gasteiger partial charge in [0.2, 0.25) is 0 Å². The molecular formula is C13H18O7. The smallest absolute Gasteiger partial charge is 0.307 e. The second-order valence-electron chi connectivity index (χ2n) is 3.92. The minimum absolute atomic E-state index is 0.0869. The first-order valence-electron chi connectivity index (χ1n) is 5.78. The number of hydrogen-bond donors (Lipinski definition) is 5. The van der Waals surface area contributed by atoms with Gasteiger partial charge in [-0.05, 0) is 5.56 Å². The van der Waals surface area contributed by atoms with Crippen LogP contribution >= 0.6 is 0 Å². The largest absolute Gasteiger partial charge is 0.481 e. The van der Waals surface area contributed by atoms with Crippen LogP contribution in [0, 0.1) is 0 Å². The predicted molar refractivity (Wildman–Crippen MR) is 69.0 cm³/mol. The molecular weight excluding hydrogens is 268 g/mol. The highest BCUT2D eigenvalue weighted by molar-refractivity contribution is 5.70. The van der Waals surface area contributed by atoms with Crippen molar-refractivity contribution in [3.8, 4) is 0 Å². The van der Waals surface area contributed by atoms with Crippen molar-refractivity contribution in [3.05, 3.63) is 35.9 Å². The Morgan fingerprint density at radius 2 is 1.70 bits per heavy atom. The summed E-state index contributed by atoms with van der Waals surface area (Å²) in [5.41, 5.74) is 0.843. The first-order valence-corrected chi connectivity index (χ1v) is 5.78. The van der Waals surface area contributed by atoms with Crippen LogP contribution in [0.25, 0.3) is 0 Å². The van der Waals surface area contributed by atoms with Gasteiger partial charge in [-0.25, -0.2) is 0 Å². The average molecular weight is 286 g/mol. The van der Waals surface area contributed by atoms with Crippen molar-refractivity contribution >= 4 is 12.3 Å². The van der Waals surface area contributed by atoms with Crippen LogP contribution < -0.4 is 0 Å². The lowest BCUT2D eigenvalue weighted by Gasteiger charge is -2.16. The van der Waals surface area contributed by atoms with Crippen LogP contribution in [0.1, 0.15) is 5.56 Å². The zero-order valence-corrected chi connectivity index (χ0v) is 10.7. The number of benzene rings is 1. The van der Waals surface area contributed by atoms with E-state index in [1.54, 1.807) is 12.1 Å². The molecule has 1 rings (SSSR count). The van der Waals surface area contributed by atoms with E-state index in [4.69, 9.17) is 25.5 Å². The number of carbonyl (C=O) groups is 2. The van der Waals surface area contributed by atoms with E-state index in [2.05, 4.69) is 0 Å². The third-order valence-corrected chi connectivity index (χ3v) is 2.27. The quantitative estimate of drug-likeness (QED) is 0.405. The number of aliphatic hydroxyl groups is 4. The summed E-state index contributed by atoms with van der Waals surface area (Å²) in [6.07, 6.45) is -4.52. The van der Waals surface area contributed by atoms with Crippen LogP contribution in [0.2, 0.25) is 0 Å². The Morgan fingerprint density at radius 3 is 2.10 bits per heavy atom. The summed E-state index contributed by atoms with van der Waals surface area (Å²) in [7, 11) is 0. The third kappa shape index (κ3) is 7.59. The van der Waals surface area contributed by atoms with Gasteiger partial charge in [0.15, 0.2) is 6.29 Å². The van der Waals surface area contributed by atoms with Gasteiger partial charge in [0.05, 0.1) is 13.0 Å². The molecule has 0 saturated carbocycles. The van der Waals surface area contributed by atoms with Crippen LogP contribution in [-0.2, 0) is 16.0 Å². The molecule has 0 aliphatic carbocycles. The van der Waals surface area contributed by atoms with E-state index in [0.29, 0.717) is 0 Å². The van der Waals surface area contributed by atoms with Crippen LogP contribution in [-0.4, -0.2) is 62.7 Å². The molecule has 3 atom stereocenters. The zero-order chi connectivity index (χ0) is 15.5. The van der Waals surface area contributed by atoms with Gasteiger partial charge in [0, 0.05) is 0 Å². The molecule has 0 unspecified atom stereocenters. The van der Waals surface area contributed by atoms with Gasteiger partial charge in [-0.15, -0.1) is 0 Å². The number of carboxylic acids is 1. The second kappa shape index (κ2) is 10.0. The molecule has 0 spiro atoms. The van der Waals surface area contributed by atoms with Crippen LogP contribution in [0.5, 0.6) is 0 Å². The van der Waals surface area contributed by atoms with Gasteiger partial charge >= 0.3 is 5.97 Å². The Bertz CT molecular complexity index is 393. The SMILES string of the molecule is O=C(O)Cc1ccccc1.O=C[C@H](O)[C@@H](O)[C@@H](O)CO. The fourth-order valence-electron chi connectivity index (χ4n) is 1.19. The van der Waals surface area contributed by atoms with E-state index in [1.807, 2.05) is 18.2 Å². The van der Waals surface area contributed by atoms with Crippen molar-refractivity contribution in [2.75, 3.05) is 6.61 Å². The molecule has 0 radical (unpaired) electrons. The molecule has 1 aromatic carbocycles. The predicted octanol–water partition coefficient (Wildman–Crippen LogP) is -1.43. The highest BCUT2D eigenvalue weighted by Gasteiger charge is 2.22. The Hall–Kier alpha value is -1.80. The average Bonchev–Trinajstić information content (AvgIpc) is 2.45. The van der Waals surface area contributed by atoms with E-state index in [0.717, 1.165) is 5.56 Å². The minimum Gasteiger partial charge on any atom is -0.481 e. The lowest BCUT2D eigenvalue weighted by molar-refractivity contribution is -0.136.